The third kappa shape index (κ3) is 4.45. The Balaban J connectivity index is 1.31. The monoisotopic (exact) mass is 402 g/mol. The number of carbonyl (C=O) groups is 1. The summed E-state index contributed by atoms with van der Waals surface area (Å²) >= 11 is 0. The highest BCUT2D eigenvalue weighted by Gasteiger charge is 2.29. The average Bonchev–Trinajstić information content (AvgIpc) is 3.41. The Morgan fingerprint density at radius 2 is 1.90 bits per heavy atom. The first kappa shape index (κ1) is 20.3. The second-order valence-corrected chi connectivity index (χ2v) is 8.42. The van der Waals surface area contributed by atoms with Gasteiger partial charge in [-0.15, -0.1) is 0 Å². The number of fused-ring (bicyclic) bond motifs is 1. The largest absolute Gasteiger partial charge is 0.371 e. The smallest absolute Gasteiger partial charge is 0.222 e. The highest BCUT2D eigenvalue weighted by Crippen LogP contribution is 2.32. The first-order valence-corrected chi connectivity index (χ1v) is 10.9. The number of benzene rings is 2. The van der Waals surface area contributed by atoms with E-state index in [0.717, 1.165) is 51.0 Å². The van der Waals surface area contributed by atoms with E-state index < -0.39 is 0 Å². The lowest BCUT2D eigenvalue weighted by Crippen LogP contribution is -2.32. The van der Waals surface area contributed by atoms with Gasteiger partial charge in [0.15, 0.2) is 0 Å². The minimum Gasteiger partial charge on any atom is -0.371 e. The Hall–Kier alpha value is -2.95. The summed E-state index contributed by atoms with van der Waals surface area (Å²) in [4.78, 5) is 17.1. The topological polar surface area (TPSA) is 71.2 Å². The first-order chi connectivity index (χ1) is 14.7. The van der Waals surface area contributed by atoms with Crippen LogP contribution in [0.25, 0.3) is 0 Å². The fourth-order valence-electron chi connectivity index (χ4n) is 4.70. The van der Waals surface area contributed by atoms with Crippen molar-refractivity contribution in [1.29, 1.82) is 10.8 Å². The van der Waals surface area contributed by atoms with Gasteiger partial charge in [-0.3, -0.25) is 4.79 Å². The Morgan fingerprint density at radius 1 is 1.10 bits per heavy atom. The molecule has 0 bridgehead atoms. The number of nitrogens with one attached hydrogen (secondary N) is 2. The van der Waals surface area contributed by atoms with E-state index in [1.54, 1.807) is 0 Å². The molecular formula is C25H30N4O. The fraction of sp³-hybridized carbons (Fsp3) is 0.400. The van der Waals surface area contributed by atoms with Crippen molar-refractivity contribution >= 4 is 24.0 Å². The standard InChI is InChI=1S/C25H30N4O/c26-15-23(16-27)21-7-8-24-22(14-21)11-13-28(24)17-20-10-12-29(18-20)25(30)9-6-19-4-2-1-3-5-19/h1-5,7-8,14-16,20,23,26-27H,6,9-13,17-18H2. The van der Waals surface area contributed by atoms with Gasteiger partial charge >= 0.3 is 0 Å². The van der Waals surface area contributed by atoms with Crippen LogP contribution >= 0.6 is 0 Å². The maximum Gasteiger partial charge on any atom is 0.222 e. The van der Waals surface area contributed by atoms with Crippen molar-refractivity contribution in [1.82, 2.24) is 4.90 Å². The Morgan fingerprint density at radius 3 is 2.67 bits per heavy atom. The van der Waals surface area contributed by atoms with Gasteiger partial charge in [0.2, 0.25) is 5.91 Å². The van der Waals surface area contributed by atoms with E-state index in [2.05, 4.69) is 29.2 Å². The van der Waals surface area contributed by atoms with Crippen molar-refractivity contribution in [3.63, 3.8) is 0 Å². The maximum absolute atomic E-state index is 12.6. The van der Waals surface area contributed by atoms with Crippen molar-refractivity contribution in [3.8, 4) is 0 Å². The van der Waals surface area contributed by atoms with Crippen LogP contribution in [0.15, 0.2) is 48.5 Å². The molecule has 2 N–H and O–H groups in total. The number of rotatable bonds is 8. The molecule has 5 heteroatoms. The number of aryl methyl sites for hydroxylation is 1. The molecule has 2 aliphatic heterocycles. The fourth-order valence-corrected chi connectivity index (χ4v) is 4.70. The van der Waals surface area contributed by atoms with E-state index in [1.165, 1.54) is 29.2 Å². The molecule has 2 heterocycles. The zero-order valence-corrected chi connectivity index (χ0v) is 17.4. The number of likely N-dealkylation sites (tertiary alicyclic amines) is 1. The summed E-state index contributed by atoms with van der Waals surface area (Å²) in [5, 5.41) is 15.0. The van der Waals surface area contributed by atoms with Gasteiger partial charge in [0, 0.05) is 50.7 Å². The van der Waals surface area contributed by atoms with Gasteiger partial charge in [-0.1, -0.05) is 42.5 Å². The minimum absolute atomic E-state index is 0.227. The Kier molecular flexibility index (Phi) is 6.26. The summed E-state index contributed by atoms with van der Waals surface area (Å²) in [5.41, 5.74) is 4.84. The molecule has 1 atom stereocenters. The molecule has 0 radical (unpaired) electrons. The van der Waals surface area contributed by atoms with E-state index in [9.17, 15) is 4.79 Å². The molecule has 0 aliphatic carbocycles. The van der Waals surface area contributed by atoms with Gasteiger partial charge in [-0.2, -0.15) is 0 Å². The SMILES string of the molecule is N=CC(C=N)c1ccc2c(c1)CCN2CC1CCN(C(=O)CCc2ccccc2)C1. The molecule has 1 fully saturated rings. The van der Waals surface area contributed by atoms with Crippen LogP contribution < -0.4 is 4.90 Å². The van der Waals surface area contributed by atoms with Crippen LogP contribution in [0.3, 0.4) is 0 Å². The first-order valence-electron chi connectivity index (χ1n) is 10.9. The van der Waals surface area contributed by atoms with Gasteiger partial charge in [0.1, 0.15) is 0 Å². The second-order valence-electron chi connectivity index (χ2n) is 8.42. The number of amides is 1. The predicted octanol–water partition coefficient (Wildman–Crippen LogP) is 3.91. The molecule has 0 spiro atoms. The van der Waals surface area contributed by atoms with Crippen LogP contribution in [0.2, 0.25) is 0 Å². The van der Waals surface area contributed by atoms with E-state index in [4.69, 9.17) is 10.8 Å². The Bertz CT molecular complexity index is 903. The summed E-state index contributed by atoms with van der Waals surface area (Å²) in [7, 11) is 0. The third-order valence-corrected chi connectivity index (χ3v) is 6.43. The van der Waals surface area contributed by atoms with E-state index in [-0.39, 0.29) is 11.8 Å². The molecule has 1 unspecified atom stereocenters. The van der Waals surface area contributed by atoms with Gasteiger partial charge in [-0.25, -0.2) is 0 Å². The summed E-state index contributed by atoms with van der Waals surface area (Å²) in [6.45, 7) is 3.74. The molecule has 0 aromatic heterocycles. The van der Waals surface area contributed by atoms with Gasteiger partial charge < -0.3 is 20.6 Å². The van der Waals surface area contributed by atoms with Crippen molar-refractivity contribution in [2.24, 2.45) is 5.92 Å². The molecule has 1 saturated heterocycles. The molecule has 2 aromatic rings. The predicted molar refractivity (Wildman–Crippen MR) is 122 cm³/mol. The molecule has 2 aromatic carbocycles. The lowest BCUT2D eigenvalue weighted by atomic mass is 9.98. The van der Waals surface area contributed by atoms with Crippen molar-refractivity contribution in [3.05, 3.63) is 65.2 Å². The summed E-state index contributed by atoms with van der Waals surface area (Å²) in [6.07, 6.45) is 6.14. The molecule has 5 nitrogen and oxygen atoms in total. The van der Waals surface area contributed by atoms with Crippen molar-refractivity contribution in [2.45, 2.75) is 31.6 Å². The summed E-state index contributed by atoms with van der Waals surface area (Å²) in [6, 6.07) is 16.6. The lowest BCUT2D eigenvalue weighted by molar-refractivity contribution is -0.130. The number of anilines is 1. The minimum atomic E-state index is -0.227. The zero-order chi connectivity index (χ0) is 20.9. The van der Waals surface area contributed by atoms with Crippen LogP contribution in [0.1, 0.15) is 35.4 Å². The van der Waals surface area contributed by atoms with Gasteiger partial charge in [0.25, 0.3) is 0 Å². The molecule has 1 amide bonds. The summed E-state index contributed by atoms with van der Waals surface area (Å²) in [5.74, 6) is 0.569. The quantitative estimate of drug-likeness (QED) is 0.657. The number of hydrogen-bond acceptors (Lipinski definition) is 4. The van der Waals surface area contributed by atoms with Crippen molar-refractivity contribution < 1.29 is 4.79 Å². The van der Waals surface area contributed by atoms with Crippen LogP contribution in [0, 0.1) is 16.7 Å². The van der Waals surface area contributed by atoms with Crippen LogP contribution in [-0.2, 0) is 17.6 Å². The zero-order valence-electron chi connectivity index (χ0n) is 17.4. The Labute approximate surface area is 178 Å². The summed E-state index contributed by atoms with van der Waals surface area (Å²) < 4.78 is 0. The number of nitrogens with zero attached hydrogens (tertiary/aromatic N) is 2. The molecule has 30 heavy (non-hydrogen) atoms. The average molecular weight is 403 g/mol. The third-order valence-electron chi connectivity index (χ3n) is 6.43. The van der Waals surface area contributed by atoms with Crippen LogP contribution in [-0.4, -0.2) is 49.4 Å². The molecule has 156 valence electrons. The van der Waals surface area contributed by atoms with Crippen LogP contribution in [0.4, 0.5) is 5.69 Å². The molecular weight excluding hydrogens is 372 g/mol. The van der Waals surface area contributed by atoms with Gasteiger partial charge in [0.05, 0.1) is 5.92 Å². The highest BCUT2D eigenvalue weighted by molar-refractivity contribution is 5.88. The number of carbonyl (C=O) groups excluding carboxylic acids is 1. The molecule has 0 saturated carbocycles. The lowest BCUT2D eigenvalue weighted by Gasteiger charge is -2.24. The second kappa shape index (κ2) is 9.24. The van der Waals surface area contributed by atoms with E-state index >= 15 is 0 Å². The maximum atomic E-state index is 12.6. The molecule has 2 aliphatic rings. The number of hydrogen-bond donors (Lipinski definition) is 2. The van der Waals surface area contributed by atoms with Gasteiger partial charge in [-0.05, 0) is 47.9 Å². The molecule has 4 rings (SSSR count). The van der Waals surface area contributed by atoms with E-state index in [0.29, 0.717) is 12.3 Å². The highest BCUT2D eigenvalue weighted by atomic mass is 16.2. The van der Waals surface area contributed by atoms with Crippen LogP contribution in [0.5, 0.6) is 0 Å². The van der Waals surface area contributed by atoms with Crippen molar-refractivity contribution in [2.75, 3.05) is 31.1 Å². The van der Waals surface area contributed by atoms with E-state index in [1.807, 2.05) is 29.2 Å². The normalized spacial score (nSPS) is 18.9.